The average Bonchev–Trinajstić information content (AvgIpc) is 3.06. The van der Waals surface area contributed by atoms with E-state index in [1.807, 2.05) is 42.5 Å². The molecule has 0 spiro atoms. The molecule has 4 aromatic rings. The molecule has 3 heteroatoms. The molecule has 0 amide bonds. The van der Waals surface area contributed by atoms with E-state index in [0.717, 1.165) is 28.1 Å². The van der Waals surface area contributed by atoms with Gasteiger partial charge in [0.1, 0.15) is 5.75 Å². The van der Waals surface area contributed by atoms with Gasteiger partial charge in [-0.05, 0) is 41.5 Å². The van der Waals surface area contributed by atoms with Crippen molar-refractivity contribution in [1.82, 2.24) is 0 Å². The molecule has 2 heterocycles. The summed E-state index contributed by atoms with van der Waals surface area (Å²) in [4.78, 5) is 0. The number of aromatic nitrogens is 1. The van der Waals surface area contributed by atoms with Crippen LogP contribution in [0.15, 0.2) is 84.9 Å². The summed E-state index contributed by atoms with van der Waals surface area (Å²) >= 11 is 0. The number of aryl methyl sites for hydroxylation is 1. The molecule has 0 fully saturated rings. The van der Waals surface area contributed by atoms with Gasteiger partial charge in [-0.15, -0.1) is 4.57 Å². The number of rotatable bonds is 3. The van der Waals surface area contributed by atoms with Gasteiger partial charge in [0.15, 0.2) is 5.69 Å². The minimum Gasteiger partial charge on any atom is -0.402 e. The summed E-state index contributed by atoms with van der Waals surface area (Å²) in [5.41, 5.74) is 4.55. The second-order valence-electron chi connectivity index (χ2n) is 6.47. The number of nitrogens with zero attached hydrogens (tertiary/aromatic N) is 1. The van der Waals surface area contributed by atoms with Gasteiger partial charge in [0.25, 0.3) is 5.52 Å². The van der Waals surface area contributed by atoms with Crippen LogP contribution in [0.25, 0.3) is 22.0 Å². The van der Waals surface area contributed by atoms with Crippen LogP contribution in [-0.4, -0.2) is 0 Å². The summed E-state index contributed by atoms with van der Waals surface area (Å²) in [7, 11) is 0. The fraction of sp³-hybridized carbons (Fsp3) is 0.0870. The van der Waals surface area contributed by atoms with Crippen LogP contribution in [0.2, 0.25) is 0 Å². The molecule has 0 saturated carbocycles. The summed E-state index contributed by atoms with van der Waals surface area (Å²) < 4.78 is 14.3. The zero-order valence-electron chi connectivity index (χ0n) is 14.4. The molecule has 3 aromatic carbocycles. The normalized spacial score (nSPS) is 15.0. The van der Waals surface area contributed by atoms with Crippen molar-refractivity contribution in [3.63, 3.8) is 0 Å². The van der Waals surface area contributed by atoms with E-state index in [-0.39, 0.29) is 0 Å². The molecule has 3 nitrogen and oxygen atoms in total. The maximum atomic E-state index is 6.16. The molecule has 1 aromatic heterocycles. The van der Waals surface area contributed by atoms with Crippen molar-refractivity contribution in [3.8, 4) is 22.6 Å². The van der Waals surface area contributed by atoms with Gasteiger partial charge in [0, 0.05) is 13.0 Å². The fourth-order valence-corrected chi connectivity index (χ4v) is 3.48. The Kier molecular flexibility index (Phi) is 3.39. The van der Waals surface area contributed by atoms with Gasteiger partial charge in [-0.25, -0.2) is 0 Å². The Morgan fingerprint density at radius 3 is 2.35 bits per heavy atom. The topological polar surface area (TPSA) is 22.3 Å². The monoisotopic (exact) mass is 340 g/mol. The molecule has 0 saturated heterocycles. The Morgan fingerprint density at radius 1 is 0.769 bits per heavy atom. The van der Waals surface area contributed by atoms with Crippen molar-refractivity contribution in [1.29, 1.82) is 0 Å². The first kappa shape index (κ1) is 15.0. The van der Waals surface area contributed by atoms with Gasteiger partial charge < -0.3 is 9.47 Å². The van der Waals surface area contributed by atoms with E-state index in [4.69, 9.17) is 9.47 Å². The number of benzene rings is 3. The maximum absolute atomic E-state index is 6.16. The fourth-order valence-electron chi connectivity index (χ4n) is 3.48. The third-order valence-electron chi connectivity index (χ3n) is 4.79. The van der Waals surface area contributed by atoms with Crippen LogP contribution in [-0.2, 0) is 0 Å². The van der Waals surface area contributed by atoms with Gasteiger partial charge in [-0.2, -0.15) is 0 Å². The van der Waals surface area contributed by atoms with Crippen molar-refractivity contribution < 1.29 is 14.0 Å². The predicted octanol–water partition coefficient (Wildman–Crippen LogP) is 5.03. The smallest absolute Gasteiger partial charge is 0.402 e. The minimum absolute atomic E-state index is 0.487. The molecule has 0 aliphatic carbocycles. The van der Waals surface area contributed by atoms with E-state index >= 15 is 0 Å². The molecular formula is C23H18NO2+. The Hall–Kier alpha value is -3.33. The van der Waals surface area contributed by atoms with Gasteiger partial charge in [-0.3, -0.25) is 0 Å². The molecular weight excluding hydrogens is 322 g/mol. The zero-order chi connectivity index (χ0) is 17.5. The lowest BCUT2D eigenvalue weighted by Gasteiger charge is -2.11. The molecule has 26 heavy (non-hydrogen) atoms. The van der Waals surface area contributed by atoms with E-state index in [0.29, 0.717) is 0 Å². The van der Waals surface area contributed by atoms with E-state index < -0.39 is 6.41 Å². The number of pyridine rings is 1. The summed E-state index contributed by atoms with van der Waals surface area (Å²) in [5.74, 6) is 1.64. The summed E-state index contributed by atoms with van der Waals surface area (Å²) in [6, 6.07) is 28.7. The lowest BCUT2D eigenvalue weighted by Crippen LogP contribution is -2.44. The molecule has 1 aliphatic heterocycles. The summed E-state index contributed by atoms with van der Waals surface area (Å²) in [6.07, 6.45) is -0.487. The third-order valence-corrected chi connectivity index (χ3v) is 4.79. The van der Waals surface area contributed by atoms with Crippen LogP contribution in [0.3, 0.4) is 0 Å². The Morgan fingerprint density at radius 2 is 1.54 bits per heavy atom. The van der Waals surface area contributed by atoms with Crippen molar-refractivity contribution in [3.05, 3.63) is 90.6 Å². The Labute approximate surface area is 152 Å². The molecule has 0 bridgehead atoms. The van der Waals surface area contributed by atoms with E-state index in [9.17, 15) is 0 Å². The van der Waals surface area contributed by atoms with E-state index in [1.54, 1.807) is 0 Å². The SMILES string of the molecule is Cc1ccc2cccc3c2[n+]1C(Oc1ccc(-c2ccccc2)cc1)O3. The molecule has 1 aliphatic rings. The molecule has 1 unspecified atom stereocenters. The van der Waals surface area contributed by atoms with Crippen LogP contribution in [0.1, 0.15) is 12.1 Å². The largest absolute Gasteiger partial charge is 0.468 e. The average molecular weight is 340 g/mol. The highest BCUT2D eigenvalue weighted by atomic mass is 16.7. The first-order valence-electron chi connectivity index (χ1n) is 8.72. The molecule has 1 atom stereocenters. The van der Waals surface area contributed by atoms with Crippen LogP contribution >= 0.6 is 0 Å². The predicted molar refractivity (Wildman–Crippen MR) is 101 cm³/mol. The van der Waals surface area contributed by atoms with Crippen molar-refractivity contribution in [2.45, 2.75) is 13.3 Å². The highest BCUT2D eigenvalue weighted by Crippen LogP contribution is 2.32. The van der Waals surface area contributed by atoms with Crippen molar-refractivity contribution in [2.75, 3.05) is 0 Å². The van der Waals surface area contributed by atoms with Crippen LogP contribution < -0.4 is 14.0 Å². The van der Waals surface area contributed by atoms with Crippen molar-refractivity contribution >= 4 is 10.9 Å². The number of para-hydroxylation sites is 1. The quantitative estimate of drug-likeness (QED) is 0.488. The molecule has 5 rings (SSSR count). The third kappa shape index (κ3) is 2.40. The lowest BCUT2D eigenvalue weighted by atomic mass is 10.1. The first-order chi connectivity index (χ1) is 12.8. The lowest BCUT2D eigenvalue weighted by molar-refractivity contribution is -0.758. The Balaban J connectivity index is 1.46. The minimum atomic E-state index is -0.487. The number of ether oxygens (including phenoxy) is 2. The second-order valence-corrected chi connectivity index (χ2v) is 6.47. The van der Waals surface area contributed by atoms with Crippen LogP contribution in [0.5, 0.6) is 11.5 Å². The molecule has 0 radical (unpaired) electrons. The highest BCUT2D eigenvalue weighted by Gasteiger charge is 2.37. The van der Waals surface area contributed by atoms with Crippen LogP contribution in [0.4, 0.5) is 0 Å². The first-order valence-corrected chi connectivity index (χ1v) is 8.72. The highest BCUT2D eigenvalue weighted by molar-refractivity contribution is 5.82. The molecule has 126 valence electrons. The number of hydrogen-bond donors (Lipinski definition) is 0. The number of hydrogen-bond acceptors (Lipinski definition) is 2. The van der Waals surface area contributed by atoms with Gasteiger partial charge in [0.2, 0.25) is 5.75 Å². The van der Waals surface area contributed by atoms with E-state index in [1.165, 1.54) is 11.1 Å². The van der Waals surface area contributed by atoms with Crippen LogP contribution in [0, 0.1) is 6.92 Å². The van der Waals surface area contributed by atoms with Crippen molar-refractivity contribution in [2.24, 2.45) is 0 Å². The van der Waals surface area contributed by atoms with E-state index in [2.05, 4.69) is 54.0 Å². The Bertz CT molecular complexity index is 1090. The maximum Gasteiger partial charge on any atom is 0.468 e. The molecule has 0 N–H and O–H groups in total. The summed E-state index contributed by atoms with van der Waals surface area (Å²) in [6.45, 7) is 2.07. The van der Waals surface area contributed by atoms with Gasteiger partial charge in [-0.1, -0.05) is 48.5 Å². The summed E-state index contributed by atoms with van der Waals surface area (Å²) in [5, 5.41) is 1.15. The van der Waals surface area contributed by atoms with Gasteiger partial charge in [0.05, 0.1) is 5.39 Å². The van der Waals surface area contributed by atoms with Gasteiger partial charge >= 0.3 is 6.41 Å². The second kappa shape index (κ2) is 5.88. The zero-order valence-corrected chi connectivity index (χ0v) is 14.4. The standard InChI is InChI=1S/C23H18NO2/c1-16-10-11-19-8-5-9-21-22(19)24(16)23(26-21)25-20-14-12-18(13-15-20)17-6-3-2-4-7-17/h2-15,23H,1H3/q+1.